The number of rotatable bonds is 6. The molecule has 0 saturated carbocycles. The minimum absolute atomic E-state index is 0.0124. The molecule has 1 saturated heterocycles. The molecule has 0 spiro atoms. The first kappa shape index (κ1) is 17.1. The van der Waals surface area contributed by atoms with E-state index < -0.39 is 5.97 Å². The zero-order valence-electron chi connectivity index (χ0n) is 13.7. The number of amides is 1. The number of carbonyl (C=O) groups is 2. The summed E-state index contributed by atoms with van der Waals surface area (Å²) in [5, 5.41) is 10.6. The predicted molar refractivity (Wildman–Crippen MR) is 85.2 cm³/mol. The number of benzene rings is 1. The van der Waals surface area contributed by atoms with E-state index in [1.165, 1.54) is 0 Å². The van der Waals surface area contributed by atoms with Gasteiger partial charge in [0, 0.05) is 38.6 Å². The van der Waals surface area contributed by atoms with Gasteiger partial charge in [-0.25, -0.2) is 0 Å². The number of methoxy groups -OCH3 is 1. The van der Waals surface area contributed by atoms with Gasteiger partial charge in [0.1, 0.15) is 5.75 Å². The van der Waals surface area contributed by atoms with Crippen molar-refractivity contribution in [3.8, 4) is 5.75 Å². The van der Waals surface area contributed by atoms with Crippen molar-refractivity contribution in [2.24, 2.45) is 5.92 Å². The normalized spacial score (nSPS) is 16.1. The number of nitrogens with zero attached hydrogens (tertiary/aromatic N) is 2. The van der Waals surface area contributed by atoms with Crippen LogP contribution in [0.1, 0.15) is 19.8 Å². The largest absolute Gasteiger partial charge is 0.550 e. The van der Waals surface area contributed by atoms with Gasteiger partial charge in [0.2, 0.25) is 5.91 Å². The van der Waals surface area contributed by atoms with Crippen LogP contribution in [-0.2, 0) is 9.59 Å². The van der Waals surface area contributed by atoms with Crippen LogP contribution in [0.15, 0.2) is 24.3 Å². The van der Waals surface area contributed by atoms with E-state index in [9.17, 15) is 14.7 Å². The number of para-hydroxylation sites is 2. The van der Waals surface area contributed by atoms with Gasteiger partial charge < -0.3 is 24.4 Å². The first-order valence-electron chi connectivity index (χ1n) is 7.87. The smallest absolute Gasteiger partial charge is 0.222 e. The number of anilines is 1. The summed E-state index contributed by atoms with van der Waals surface area (Å²) in [5.74, 6) is -0.459. The lowest BCUT2D eigenvalue weighted by Gasteiger charge is -2.37. The number of hydrogen-bond acceptors (Lipinski definition) is 5. The maximum absolute atomic E-state index is 12.2. The van der Waals surface area contributed by atoms with Crippen LogP contribution in [0.2, 0.25) is 0 Å². The molecule has 1 aliphatic heterocycles. The summed E-state index contributed by atoms with van der Waals surface area (Å²) in [5.41, 5.74) is 1.03. The van der Waals surface area contributed by atoms with Crippen LogP contribution < -0.4 is 14.7 Å². The lowest BCUT2D eigenvalue weighted by Crippen LogP contribution is -2.49. The minimum Gasteiger partial charge on any atom is -0.550 e. The number of ether oxygens (including phenoxy) is 1. The molecule has 0 radical (unpaired) electrons. The minimum atomic E-state index is -1.11. The summed E-state index contributed by atoms with van der Waals surface area (Å²) in [6.07, 6.45) is 0.176. The Kier molecular flexibility index (Phi) is 5.84. The molecule has 0 aliphatic carbocycles. The Morgan fingerprint density at radius 3 is 2.43 bits per heavy atom. The molecule has 1 fully saturated rings. The summed E-state index contributed by atoms with van der Waals surface area (Å²) < 4.78 is 5.38. The molecule has 0 aromatic heterocycles. The number of carboxylic acids is 1. The molecule has 6 nitrogen and oxygen atoms in total. The highest BCUT2D eigenvalue weighted by Gasteiger charge is 2.23. The predicted octanol–water partition coefficient (Wildman–Crippen LogP) is 0.510. The maximum Gasteiger partial charge on any atom is 0.222 e. The van der Waals surface area contributed by atoms with Crippen molar-refractivity contribution in [1.82, 2.24) is 4.90 Å². The second-order valence-electron chi connectivity index (χ2n) is 5.93. The number of aliphatic carboxylic acids is 1. The fourth-order valence-electron chi connectivity index (χ4n) is 2.87. The number of piperazine rings is 1. The van der Waals surface area contributed by atoms with Crippen LogP contribution in [-0.4, -0.2) is 50.1 Å². The second-order valence-corrected chi connectivity index (χ2v) is 5.93. The Bertz CT molecular complexity index is 553. The van der Waals surface area contributed by atoms with Gasteiger partial charge in [-0.15, -0.1) is 0 Å². The van der Waals surface area contributed by atoms with Crippen LogP contribution in [0.25, 0.3) is 0 Å². The van der Waals surface area contributed by atoms with Crippen molar-refractivity contribution in [1.29, 1.82) is 0 Å². The molecule has 126 valence electrons. The molecule has 0 N–H and O–H groups in total. The highest BCUT2D eigenvalue weighted by Crippen LogP contribution is 2.28. The van der Waals surface area contributed by atoms with Crippen LogP contribution in [0, 0.1) is 5.92 Å². The van der Waals surface area contributed by atoms with Crippen molar-refractivity contribution < 1.29 is 19.4 Å². The van der Waals surface area contributed by atoms with E-state index in [1.54, 1.807) is 18.9 Å². The molecule has 1 amide bonds. The summed E-state index contributed by atoms with van der Waals surface area (Å²) in [6, 6.07) is 7.84. The Morgan fingerprint density at radius 1 is 1.17 bits per heavy atom. The molecule has 1 atom stereocenters. The number of hydrogen-bond donors (Lipinski definition) is 0. The van der Waals surface area contributed by atoms with Crippen molar-refractivity contribution in [2.75, 3.05) is 38.2 Å². The molecule has 0 unspecified atom stereocenters. The molecule has 2 rings (SSSR count). The Balaban J connectivity index is 1.88. The fraction of sp³-hybridized carbons (Fsp3) is 0.529. The van der Waals surface area contributed by atoms with Crippen molar-refractivity contribution >= 4 is 17.6 Å². The summed E-state index contributed by atoms with van der Waals surface area (Å²) in [4.78, 5) is 26.8. The van der Waals surface area contributed by atoms with Crippen LogP contribution >= 0.6 is 0 Å². The van der Waals surface area contributed by atoms with Gasteiger partial charge in [-0.3, -0.25) is 4.79 Å². The lowest BCUT2D eigenvalue weighted by molar-refractivity contribution is -0.306. The van der Waals surface area contributed by atoms with Crippen LogP contribution in [0.3, 0.4) is 0 Å². The maximum atomic E-state index is 12.2. The highest BCUT2D eigenvalue weighted by atomic mass is 16.5. The third-order valence-corrected chi connectivity index (χ3v) is 4.10. The molecule has 6 heteroatoms. The molecular weight excluding hydrogens is 296 g/mol. The monoisotopic (exact) mass is 319 g/mol. The summed E-state index contributed by atoms with van der Waals surface area (Å²) in [6.45, 7) is 4.50. The van der Waals surface area contributed by atoms with Gasteiger partial charge >= 0.3 is 0 Å². The zero-order chi connectivity index (χ0) is 16.8. The van der Waals surface area contributed by atoms with Gasteiger partial charge in [-0.2, -0.15) is 0 Å². The van der Waals surface area contributed by atoms with Crippen molar-refractivity contribution in [3.63, 3.8) is 0 Å². The SMILES string of the molecule is COc1ccccc1N1CCN(C(=O)C[C@@H](C)CC(=O)[O-])CC1. The Hall–Kier alpha value is -2.24. The lowest BCUT2D eigenvalue weighted by atomic mass is 10.0. The quantitative estimate of drug-likeness (QED) is 0.764. The molecule has 1 aromatic rings. The molecule has 1 heterocycles. The van der Waals surface area contributed by atoms with Gasteiger partial charge in [0.15, 0.2) is 0 Å². The third-order valence-electron chi connectivity index (χ3n) is 4.10. The van der Waals surface area contributed by atoms with E-state index in [1.807, 2.05) is 24.3 Å². The first-order chi connectivity index (χ1) is 11.0. The average Bonchev–Trinajstić information content (AvgIpc) is 2.54. The Morgan fingerprint density at radius 2 is 1.83 bits per heavy atom. The molecule has 1 aliphatic rings. The first-order valence-corrected chi connectivity index (χ1v) is 7.87. The van der Waals surface area contributed by atoms with Gasteiger partial charge in [-0.05, 0) is 24.5 Å². The van der Waals surface area contributed by atoms with Gasteiger partial charge in [0.05, 0.1) is 12.8 Å². The standard InChI is InChI=1S/C17H24N2O4/c1-13(12-17(21)22)11-16(20)19-9-7-18(8-10-19)14-5-3-4-6-15(14)23-2/h3-6,13H,7-12H2,1-2H3,(H,21,22)/p-1/t13-/m1/s1. The van der Waals surface area contributed by atoms with Gasteiger partial charge in [-0.1, -0.05) is 19.1 Å². The number of carboxylic acid groups (broad SMARTS) is 1. The zero-order valence-corrected chi connectivity index (χ0v) is 13.7. The fourth-order valence-corrected chi connectivity index (χ4v) is 2.87. The molecule has 0 bridgehead atoms. The third kappa shape index (κ3) is 4.61. The summed E-state index contributed by atoms with van der Waals surface area (Å²) in [7, 11) is 1.65. The summed E-state index contributed by atoms with van der Waals surface area (Å²) >= 11 is 0. The molecule has 23 heavy (non-hydrogen) atoms. The van der Waals surface area contributed by atoms with E-state index in [2.05, 4.69) is 4.90 Å². The van der Waals surface area contributed by atoms with E-state index in [-0.39, 0.29) is 24.7 Å². The Labute approximate surface area is 136 Å². The van der Waals surface area contributed by atoms with E-state index >= 15 is 0 Å². The molecular formula is C17H23N2O4-. The van der Waals surface area contributed by atoms with Crippen LogP contribution in [0.4, 0.5) is 5.69 Å². The van der Waals surface area contributed by atoms with E-state index in [0.717, 1.165) is 24.5 Å². The molecule has 1 aromatic carbocycles. The van der Waals surface area contributed by atoms with Gasteiger partial charge in [0.25, 0.3) is 0 Å². The van der Waals surface area contributed by atoms with E-state index in [0.29, 0.717) is 13.1 Å². The average molecular weight is 319 g/mol. The number of carbonyl (C=O) groups excluding carboxylic acids is 2. The van der Waals surface area contributed by atoms with Crippen molar-refractivity contribution in [3.05, 3.63) is 24.3 Å². The van der Waals surface area contributed by atoms with Crippen molar-refractivity contribution in [2.45, 2.75) is 19.8 Å². The second kappa shape index (κ2) is 7.85. The topological polar surface area (TPSA) is 72.9 Å². The highest BCUT2D eigenvalue weighted by molar-refractivity contribution is 5.77. The van der Waals surface area contributed by atoms with Crippen LogP contribution in [0.5, 0.6) is 5.75 Å². The van der Waals surface area contributed by atoms with E-state index in [4.69, 9.17) is 4.74 Å².